The van der Waals surface area contributed by atoms with Crippen molar-refractivity contribution < 1.29 is 14.5 Å². The van der Waals surface area contributed by atoms with Gasteiger partial charge in [-0.1, -0.05) is 26.2 Å². The minimum Gasteiger partial charge on any atom is -0.362 e. The first-order chi connectivity index (χ1) is 13.8. The molecule has 8 nitrogen and oxygen atoms in total. The van der Waals surface area contributed by atoms with Gasteiger partial charge in [-0.25, -0.2) is 0 Å². The Morgan fingerprint density at radius 1 is 1.14 bits per heavy atom. The highest BCUT2D eigenvalue weighted by atomic mass is 16.6. The monoisotopic (exact) mass is 402 g/mol. The van der Waals surface area contributed by atoms with Crippen LogP contribution in [0.3, 0.4) is 0 Å². The van der Waals surface area contributed by atoms with Crippen LogP contribution in [0.1, 0.15) is 56.3 Å². The molecule has 1 saturated heterocycles. The maximum Gasteiger partial charge on any atom is 0.293 e. The Morgan fingerprint density at radius 3 is 2.38 bits per heavy atom. The quantitative estimate of drug-likeness (QED) is 0.603. The van der Waals surface area contributed by atoms with Crippen molar-refractivity contribution in [1.82, 2.24) is 10.2 Å². The summed E-state index contributed by atoms with van der Waals surface area (Å²) in [5, 5.41) is 14.6. The standard InChI is InChI=1S/C21H30N4O4/c1-16(26)23-10-12-24(13-11-23)18-7-6-17(14-19(18)25(28)29)20(27)22-15-21(2)8-4-3-5-9-21/h6-7,14H,3-5,8-13,15H2,1-2H3,(H,22,27). The molecule has 0 radical (unpaired) electrons. The van der Waals surface area contributed by atoms with Crippen molar-refractivity contribution in [1.29, 1.82) is 0 Å². The van der Waals surface area contributed by atoms with E-state index in [2.05, 4.69) is 12.2 Å². The van der Waals surface area contributed by atoms with E-state index >= 15 is 0 Å². The number of anilines is 1. The lowest BCUT2D eigenvalue weighted by Gasteiger charge is -2.35. The molecule has 1 aromatic rings. The maximum absolute atomic E-state index is 12.6. The number of carbonyl (C=O) groups excluding carboxylic acids is 2. The van der Waals surface area contributed by atoms with Gasteiger partial charge in [0, 0.05) is 51.3 Å². The van der Waals surface area contributed by atoms with E-state index in [-0.39, 0.29) is 22.9 Å². The molecule has 1 aliphatic heterocycles. The lowest BCUT2D eigenvalue weighted by molar-refractivity contribution is -0.384. The number of nitrogens with one attached hydrogen (secondary N) is 1. The topological polar surface area (TPSA) is 95.8 Å². The minimum absolute atomic E-state index is 0.0119. The van der Waals surface area contributed by atoms with Crippen LogP contribution >= 0.6 is 0 Å². The Balaban J connectivity index is 1.70. The normalized spacial score (nSPS) is 19.0. The van der Waals surface area contributed by atoms with Crippen LogP contribution in [0.15, 0.2) is 18.2 Å². The van der Waals surface area contributed by atoms with Gasteiger partial charge < -0.3 is 15.1 Å². The molecule has 0 bridgehead atoms. The number of hydrogen-bond donors (Lipinski definition) is 1. The first-order valence-electron chi connectivity index (χ1n) is 10.4. The summed E-state index contributed by atoms with van der Waals surface area (Å²) < 4.78 is 0. The average molecular weight is 402 g/mol. The summed E-state index contributed by atoms with van der Waals surface area (Å²) in [4.78, 5) is 39.0. The van der Waals surface area contributed by atoms with Gasteiger partial charge in [0.25, 0.3) is 11.6 Å². The number of piperazine rings is 1. The Morgan fingerprint density at radius 2 is 1.79 bits per heavy atom. The zero-order valence-corrected chi connectivity index (χ0v) is 17.3. The summed E-state index contributed by atoms with van der Waals surface area (Å²) in [6.07, 6.45) is 5.81. The van der Waals surface area contributed by atoms with Crippen LogP contribution in [0.5, 0.6) is 0 Å². The molecule has 29 heavy (non-hydrogen) atoms. The number of nitrogens with zero attached hydrogens (tertiary/aromatic N) is 3. The summed E-state index contributed by atoms with van der Waals surface area (Å²) in [5.74, 6) is -0.259. The van der Waals surface area contributed by atoms with Crippen molar-refractivity contribution in [2.24, 2.45) is 5.41 Å². The molecule has 2 aliphatic rings. The van der Waals surface area contributed by atoms with E-state index in [9.17, 15) is 19.7 Å². The lowest BCUT2D eigenvalue weighted by Crippen LogP contribution is -2.48. The molecule has 1 aliphatic carbocycles. The van der Waals surface area contributed by atoms with E-state index < -0.39 is 4.92 Å². The summed E-state index contributed by atoms with van der Waals surface area (Å²) in [6.45, 7) is 6.45. The molecule has 1 saturated carbocycles. The number of carbonyl (C=O) groups is 2. The van der Waals surface area contributed by atoms with Crippen LogP contribution in [-0.4, -0.2) is 54.4 Å². The second kappa shape index (κ2) is 8.80. The highest BCUT2D eigenvalue weighted by Gasteiger charge is 2.29. The summed E-state index contributed by atoms with van der Waals surface area (Å²) in [6, 6.07) is 4.67. The summed E-state index contributed by atoms with van der Waals surface area (Å²) in [5.41, 5.74) is 0.838. The van der Waals surface area contributed by atoms with Crippen molar-refractivity contribution in [3.05, 3.63) is 33.9 Å². The fourth-order valence-corrected chi connectivity index (χ4v) is 4.32. The molecule has 0 spiro atoms. The molecule has 0 unspecified atom stereocenters. The number of nitro benzene ring substituents is 1. The van der Waals surface area contributed by atoms with E-state index in [0.717, 1.165) is 12.8 Å². The Kier molecular flexibility index (Phi) is 6.39. The highest BCUT2D eigenvalue weighted by Crippen LogP contribution is 2.35. The van der Waals surface area contributed by atoms with Crippen molar-refractivity contribution in [3.8, 4) is 0 Å². The van der Waals surface area contributed by atoms with Crippen molar-refractivity contribution in [3.63, 3.8) is 0 Å². The van der Waals surface area contributed by atoms with Crippen molar-refractivity contribution >= 4 is 23.2 Å². The number of amides is 2. The number of nitro groups is 1. The molecule has 1 heterocycles. The van der Waals surface area contributed by atoms with Gasteiger partial charge in [-0.2, -0.15) is 0 Å². The van der Waals surface area contributed by atoms with Gasteiger partial charge in [0.05, 0.1) is 4.92 Å². The SMILES string of the molecule is CC(=O)N1CCN(c2ccc(C(=O)NCC3(C)CCCCC3)cc2[N+](=O)[O-])CC1. The van der Waals surface area contributed by atoms with Crippen LogP contribution in [0.4, 0.5) is 11.4 Å². The summed E-state index contributed by atoms with van der Waals surface area (Å²) in [7, 11) is 0. The van der Waals surface area contributed by atoms with Gasteiger partial charge in [0.15, 0.2) is 0 Å². The maximum atomic E-state index is 12.6. The van der Waals surface area contributed by atoms with Crippen LogP contribution < -0.4 is 10.2 Å². The first-order valence-corrected chi connectivity index (χ1v) is 10.4. The van der Waals surface area contributed by atoms with Crippen LogP contribution in [0, 0.1) is 15.5 Å². The molecule has 8 heteroatoms. The van der Waals surface area contributed by atoms with Gasteiger partial charge >= 0.3 is 0 Å². The number of rotatable bonds is 5. The van der Waals surface area contributed by atoms with Gasteiger partial charge in [-0.3, -0.25) is 19.7 Å². The van der Waals surface area contributed by atoms with E-state index in [1.165, 1.54) is 32.3 Å². The third-order valence-electron chi connectivity index (χ3n) is 6.24. The molecular weight excluding hydrogens is 372 g/mol. The van der Waals surface area contributed by atoms with Gasteiger partial charge in [-0.15, -0.1) is 0 Å². The third-order valence-corrected chi connectivity index (χ3v) is 6.24. The number of hydrogen-bond acceptors (Lipinski definition) is 5. The Bertz CT molecular complexity index is 781. The molecule has 1 N–H and O–H groups in total. The molecule has 3 rings (SSSR count). The predicted molar refractivity (Wildman–Crippen MR) is 111 cm³/mol. The Labute approximate surface area is 171 Å². The molecule has 2 fully saturated rings. The first kappa shape index (κ1) is 21.1. The largest absolute Gasteiger partial charge is 0.362 e. The van der Waals surface area contributed by atoms with E-state index in [1.54, 1.807) is 17.0 Å². The minimum atomic E-state index is -0.439. The molecule has 0 atom stereocenters. The zero-order chi connectivity index (χ0) is 21.0. The molecule has 2 amide bonds. The Hall–Kier alpha value is -2.64. The highest BCUT2D eigenvalue weighted by molar-refractivity contribution is 5.95. The van der Waals surface area contributed by atoms with Crippen molar-refractivity contribution in [2.45, 2.75) is 46.0 Å². The third kappa shape index (κ3) is 5.05. The smallest absolute Gasteiger partial charge is 0.293 e. The predicted octanol–water partition coefficient (Wildman–Crippen LogP) is 2.96. The fraction of sp³-hybridized carbons (Fsp3) is 0.619. The van der Waals surface area contributed by atoms with Crippen LogP contribution in [-0.2, 0) is 4.79 Å². The van der Waals surface area contributed by atoms with Gasteiger partial charge in [-0.05, 0) is 30.4 Å². The van der Waals surface area contributed by atoms with E-state index in [4.69, 9.17) is 0 Å². The van der Waals surface area contributed by atoms with Crippen molar-refractivity contribution in [2.75, 3.05) is 37.6 Å². The van der Waals surface area contributed by atoms with Crippen LogP contribution in [0.2, 0.25) is 0 Å². The number of benzene rings is 1. The summed E-state index contributed by atoms with van der Waals surface area (Å²) >= 11 is 0. The second-order valence-electron chi connectivity index (χ2n) is 8.51. The van der Waals surface area contributed by atoms with Gasteiger partial charge in [0.2, 0.25) is 5.91 Å². The van der Waals surface area contributed by atoms with E-state index in [1.807, 2.05) is 4.90 Å². The molecule has 0 aromatic heterocycles. The molecular formula is C21H30N4O4. The van der Waals surface area contributed by atoms with E-state index in [0.29, 0.717) is 44.0 Å². The zero-order valence-electron chi connectivity index (χ0n) is 17.3. The van der Waals surface area contributed by atoms with Gasteiger partial charge in [0.1, 0.15) is 5.69 Å². The molecule has 158 valence electrons. The lowest BCUT2D eigenvalue weighted by atomic mass is 9.76. The molecule has 1 aromatic carbocycles. The fourth-order valence-electron chi connectivity index (χ4n) is 4.32. The average Bonchev–Trinajstić information content (AvgIpc) is 2.72. The second-order valence-corrected chi connectivity index (χ2v) is 8.51. The van der Waals surface area contributed by atoms with Crippen LogP contribution in [0.25, 0.3) is 0 Å².